The molecule has 6 nitrogen and oxygen atoms in total. The molecule has 1 saturated heterocycles. The highest BCUT2D eigenvalue weighted by molar-refractivity contribution is 5.89. The molecule has 2 heterocycles. The molecule has 0 saturated carbocycles. The fourth-order valence-electron chi connectivity index (χ4n) is 2.95. The van der Waals surface area contributed by atoms with Crippen molar-refractivity contribution in [3.05, 3.63) is 53.7 Å². The van der Waals surface area contributed by atoms with E-state index in [1.54, 1.807) is 23.2 Å². The molecule has 26 heavy (non-hydrogen) atoms. The number of aromatic nitrogens is 1. The molecule has 1 aromatic carbocycles. The van der Waals surface area contributed by atoms with Gasteiger partial charge in [0.15, 0.2) is 0 Å². The number of hydrogen-bond acceptors (Lipinski definition) is 4. The number of benzene rings is 1. The molecule has 1 fully saturated rings. The minimum Gasteiger partial charge on any atom is -0.353 e. The van der Waals surface area contributed by atoms with Crippen LogP contribution in [0, 0.1) is 11.3 Å². The van der Waals surface area contributed by atoms with E-state index in [2.05, 4.69) is 35.1 Å². The fourth-order valence-corrected chi connectivity index (χ4v) is 2.95. The highest BCUT2D eigenvalue weighted by atomic mass is 16.2. The van der Waals surface area contributed by atoms with Crippen molar-refractivity contribution in [2.45, 2.75) is 19.8 Å². The van der Waals surface area contributed by atoms with Gasteiger partial charge in [0.05, 0.1) is 11.6 Å². The van der Waals surface area contributed by atoms with E-state index in [1.807, 2.05) is 24.3 Å². The zero-order chi connectivity index (χ0) is 18.5. The molecule has 1 N–H and O–H groups in total. The summed E-state index contributed by atoms with van der Waals surface area (Å²) in [5.41, 5.74) is 2.66. The first-order valence-corrected chi connectivity index (χ1v) is 8.84. The monoisotopic (exact) mass is 349 g/mol. The minimum atomic E-state index is -0.0827. The highest BCUT2D eigenvalue weighted by Crippen LogP contribution is 2.18. The summed E-state index contributed by atoms with van der Waals surface area (Å²) in [6.07, 6.45) is 1.65. The van der Waals surface area contributed by atoms with Crippen molar-refractivity contribution < 1.29 is 4.79 Å². The van der Waals surface area contributed by atoms with E-state index < -0.39 is 0 Å². The largest absolute Gasteiger partial charge is 0.353 e. The molecule has 2 amide bonds. The zero-order valence-corrected chi connectivity index (χ0v) is 15.1. The normalized spacial score (nSPS) is 14.2. The molecule has 1 aliphatic rings. The molecular formula is C20H23N5O. The van der Waals surface area contributed by atoms with Crippen molar-refractivity contribution in [3.8, 4) is 6.07 Å². The van der Waals surface area contributed by atoms with Crippen molar-refractivity contribution in [2.24, 2.45) is 0 Å². The summed E-state index contributed by atoms with van der Waals surface area (Å²) < 4.78 is 0. The van der Waals surface area contributed by atoms with E-state index in [0.717, 1.165) is 11.5 Å². The molecule has 1 aliphatic heterocycles. The van der Waals surface area contributed by atoms with Crippen LogP contribution in [-0.2, 0) is 0 Å². The predicted molar refractivity (Wildman–Crippen MR) is 102 cm³/mol. The van der Waals surface area contributed by atoms with Gasteiger partial charge in [-0.1, -0.05) is 26.0 Å². The predicted octanol–water partition coefficient (Wildman–Crippen LogP) is 3.43. The Labute approximate surface area is 154 Å². The molecule has 0 unspecified atom stereocenters. The Hall–Kier alpha value is -3.07. The molecule has 3 rings (SSSR count). The van der Waals surface area contributed by atoms with Gasteiger partial charge in [-0.05, 0) is 35.7 Å². The van der Waals surface area contributed by atoms with Gasteiger partial charge in [-0.25, -0.2) is 9.78 Å². The third-order valence-electron chi connectivity index (χ3n) is 4.59. The quantitative estimate of drug-likeness (QED) is 0.921. The number of rotatable bonds is 3. The van der Waals surface area contributed by atoms with Crippen molar-refractivity contribution in [3.63, 3.8) is 0 Å². The Morgan fingerprint density at radius 3 is 2.46 bits per heavy atom. The number of nitriles is 1. The van der Waals surface area contributed by atoms with Gasteiger partial charge in [0.25, 0.3) is 0 Å². The topological polar surface area (TPSA) is 72.3 Å². The second-order valence-electron chi connectivity index (χ2n) is 6.70. The minimum absolute atomic E-state index is 0.0827. The van der Waals surface area contributed by atoms with Gasteiger partial charge in [-0.3, -0.25) is 0 Å². The Balaban J connectivity index is 1.55. The lowest BCUT2D eigenvalue weighted by Crippen LogP contribution is -2.50. The second-order valence-corrected chi connectivity index (χ2v) is 6.70. The molecule has 0 atom stereocenters. The van der Waals surface area contributed by atoms with Gasteiger partial charge < -0.3 is 15.1 Å². The number of urea groups is 1. The maximum absolute atomic E-state index is 12.5. The van der Waals surface area contributed by atoms with E-state index in [0.29, 0.717) is 37.7 Å². The zero-order valence-electron chi connectivity index (χ0n) is 15.1. The van der Waals surface area contributed by atoms with Crippen LogP contribution in [-0.4, -0.2) is 42.1 Å². The van der Waals surface area contributed by atoms with Crippen LogP contribution >= 0.6 is 0 Å². The lowest BCUT2D eigenvalue weighted by molar-refractivity contribution is 0.208. The SMILES string of the molecule is CC(C)c1ccc(NC(=O)N2CCN(c3cc(C#N)ccn3)CC2)cc1. The molecule has 6 heteroatoms. The van der Waals surface area contributed by atoms with Crippen molar-refractivity contribution in [1.29, 1.82) is 5.26 Å². The van der Waals surface area contributed by atoms with E-state index in [1.165, 1.54) is 5.56 Å². The molecule has 0 radical (unpaired) electrons. The average molecular weight is 349 g/mol. The number of nitrogens with one attached hydrogen (secondary N) is 1. The molecule has 0 bridgehead atoms. The van der Waals surface area contributed by atoms with E-state index in [-0.39, 0.29) is 6.03 Å². The Bertz CT molecular complexity index is 802. The summed E-state index contributed by atoms with van der Waals surface area (Å²) in [6, 6.07) is 13.5. The summed E-state index contributed by atoms with van der Waals surface area (Å²) in [5, 5.41) is 12.0. The number of amides is 2. The number of hydrogen-bond donors (Lipinski definition) is 1. The van der Waals surface area contributed by atoms with Gasteiger partial charge in [-0.15, -0.1) is 0 Å². The first kappa shape index (κ1) is 17.7. The smallest absolute Gasteiger partial charge is 0.321 e. The maximum Gasteiger partial charge on any atom is 0.321 e. The van der Waals surface area contributed by atoms with Crippen LogP contribution in [0.4, 0.5) is 16.3 Å². The van der Waals surface area contributed by atoms with Crippen LogP contribution in [0.2, 0.25) is 0 Å². The molecule has 2 aromatic rings. The Morgan fingerprint density at radius 2 is 1.85 bits per heavy atom. The Kier molecular flexibility index (Phi) is 5.37. The van der Waals surface area contributed by atoms with E-state index in [9.17, 15) is 4.79 Å². The lowest BCUT2D eigenvalue weighted by atomic mass is 10.0. The molecule has 134 valence electrons. The Morgan fingerprint density at radius 1 is 1.15 bits per heavy atom. The summed E-state index contributed by atoms with van der Waals surface area (Å²) in [4.78, 5) is 20.7. The number of carbonyl (C=O) groups is 1. The van der Waals surface area contributed by atoms with Crippen LogP contribution in [0.25, 0.3) is 0 Å². The molecular weight excluding hydrogens is 326 g/mol. The fraction of sp³-hybridized carbons (Fsp3) is 0.350. The van der Waals surface area contributed by atoms with E-state index >= 15 is 0 Å². The van der Waals surface area contributed by atoms with Crippen LogP contribution in [0.5, 0.6) is 0 Å². The van der Waals surface area contributed by atoms with Gasteiger partial charge in [0, 0.05) is 38.1 Å². The van der Waals surface area contributed by atoms with Gasteiger partial charge in [0.2, 0.25) is 0 Å². The molecule has 1 aromatic heterocycles. The van der Waals surface area contributed by atoms with Crippen LogP contribution in [0.3, 0.4) is 0 Å². The highest BCUT2D eigenvalue weighted by Gasteiger charge is 2.22. The summed E-state index contributed by atoms with van der Waals surface area (Å²) in [6.45, 7) is 6.92. The second kappa shape index (κ2) is 7.87. The number of carbonyl (C=O) groups excluding carboxylic acids is 1. The molecule has 0 spiro atoms. The average Bonchev–Trinajstić information content (AvgIpc) is 2.68. The van der Waals surface area contributed by atoms with Gasteiger partial charge in [-0.2, -0.15) is 5.26 Å². The number of anilines is 2. The summed E-state index contributed by atoms with van der Waals surface area (Å²) >= 11 is 0. The molecule has 0 aliphatic carbocycles. The van der Waals surface area contributed by atoms with Crippen molar-refractivity contribution >= 4 is 17.5 Å². The number of nitrogens with zero attached hydrogens (tertiary/aromatic N) is 4. The van der Waals surface area contributed by atoms with Crippen LogP contribution in [0.15, 0.2) is 42.6 Å². The van der Waals surface area contributed by atoms with Crippen molar-refractivity contribution in [1.82, 2.24) is 9.88 Å². The summed E-state index contributed by atoms with van der Waals surface area (Å²) in [5.74, 6) is 1.26. The summed E-state index contributed by atoms with van der Waals surface area (Å²) in [7, 11) is 0. The first-order chi connectivity index (χ1) is 12.6. The van der Waals surface area contributed by atoms with Crippen LogP contribution < -0.4 is 10.2 Å². The van der Waals surface area contributed by atoms with Gasteiger partial charge in [0.1, 0.15) is 5.82 Å². The van der Waals surface area contributed by atoms with Crippen LogP contribution in [0.1, 0.15) is 30.9 Å². The maximum atomic E-state index is 12.5. The van der Waals surface area contributed by atoms with Crippen molar-refractivity contribution in [2.75, 3.05) is 36.4 Å². The number of pyridine rings is 1. The third kappa shape index (κ3) is 4.12. The lowest BCUT2D eigenvalue weighted by Gasteiger charge is -2.35. The van der Waals surface area contributed by atoms with E-state index in [4.69, 9.17) is 5.26 Å². The first-order valence-electron chi connectivity index (χ1n) is 8.84. The third-order valence-corrected chi connectivity index (χ3v) is 4.59. The van der Waals surface area contributed by atoms with Gasteiger partial charge >= 0.3 is 6.03 Å². The number of piperazine rings is 1. The standard InChI is InChI=1S/C20H23N5O/c1-15(2)17-3-5-18(6-4-17)23-20(26)25-11-9-24(10-12-25)19-13-16(14-21)7-8-22-19/h3-8,13,15H,9-12H2,1-2H3,(H,23,26).